The van der Waals surface area contributed by atoms with Crippen LogP contribution < -0.4 is 11.5 Å². The molecule has 0 aliphatic heterocycles. The molecule has 2 heterocycles. The van der Waals surface area contributed by atoms with Crippen LogP contribution in [0.25, 0.3) is 0 Å². The molecule has 0 saturated carbocycles. The van der Waals surface area contributed by atoms with Gasteiger partial charge in [-0.05, 0) is 0 Å². The number of H-pyrrole nitrogens is 2. The van der Waals surface area contributed by atoms with Crippen LogP contribution in [0.4, 0.5) is 23.8 Å². The highest BCUT2D eigenvalue weighted by atomic mass is 15.4. The summed E-state index contributed by atoms with van der Waals surface area (Å²) < 4.78 is 0. The molecule has 0 bridgehead atoms. The fourth-order valence-corrected chi connectivity index (χ4v) is 0.709. The molecule has 0 atom stereocenters. The minimum Gasteiger partial charge on any atom is -0.368 e. The van der Waals surface area contributed by atoms with Crippen molar-refractivity contribution in [1.29, 1.82) is 0 Å². The van der Waals surface area contributed by atoms with E-state index in [1.807, 2.05) is 0 Å². The summed E-state index contributed by atoms with van der Waals surface area (Å²) in [6.45, 7) is 0. The molecule has 0 aliphatic rings. The van der Waals surface area contributed by atoms with Gasteiger partial charge in [-0.25, -0.2) is 10.2 Å². The minimum absolute atomic E-state index is 0.103. The first-order valence-electron chi connectivity index (χ1n) is 3.51. The molecule has 10 nitrogen and oxygen atoms in total. The second-order valence-electron chi connectivity index (χ2n) is 2.24. The van der Waals surface area contributed by atoms with Crippen LogP contribution in [0.15, 0.2) is 10.2 Å². The Morgan fingerprint density at radius 1 is 0.857 bits per heavy atom. The van der Waals surface area contributed by atoms with Gasteiger partial charge in [-0.3, -0.25) is 0 Å². The average Bonchev–Trinajstić information content (AvgIpc) is 2.72. The number of aromatic amines is 2. The molecule has 0 radical (unpaired) electrons. The second kappa shape index (κ2) is 3.08. The van der Waals surface area contributed by atoms with E-state index in [1.54, 1.807) is 0 Å². The minimum atomic E-state index is 0.103. The molecular formula is C4H6N10. The van der Waals surface area contributed by atoms with Crippen LogP contribution in [0, 0.1) is 0 Å². The Balaban J connectivity index is 2.14. The Kier molecular flexibility index (Phi) is 1.78. The van der Waals surface area contributed by atoms with E-state index in [-0.39, 0.29) is 23.8 Å². The Morgan fingerprint density at radius 3 is 1.57 bits per heavy atom. The van der Waals surface area contributed by atoms with Crippen LogP contribution in [0.5, 0.6) is 0 Å². The summed E-state index contributed by atoms with van der Waals surface area (Å²) in [5, 5.41) is 19.2. The first-order valence-corrected chi connectivity index (χ1v) is 3.51. The molecule has 2 aromatic rings. The number of nitrogen functional groups attached to an aromatic ring is 2. The fraction of sp³-hybridized carbons (Fsp3) is 0. The highest BCUT2D eigenvalue weighted by Crippen LogP contribution is 2.10. The van der Waals surface area contributed by atoms with Gasteiger partial charge in [-0.2, -0.15) is 9.97 Å². The summed E-state index contributed by atoms with van der Waals surface area (Å²) >= 11 is 0. The van der Waals surface area contributed by atoms with Crippen molar-refractivity contribution in [2.24, 2.45) is 10.2 Å². The third kappa shape index (κ3) is 1.63. The predicted molar refractivity (Wildman–Crippen MR) is 45.8 cm³/mol. The number of rotatable bonds is 2. The maximum absolute atomic E-state index is 5.26. The number of nitrogens with one attached hydrogen (secondary N) is 2. The van der Waals surface area contributed by atoms with E-state index >= 15 is 0 Å². The van der Waals surface area contributed by atoms with E-state index < -0.39 is 0 Å². The van der Waals surface area contributed by atoms with E-state index in [0.29, 0.717) is 0 Å². The van der Waals surface area contributed by atoms with E-state index in [0.717, 1.165) is 0 Å². The third-order valence-electron chi connectivity index (χ3n) is 1.21. The van der Waals surface area contributed by atoms with Crippen molar-refractivity contribution in [1.82, 2.24) is 30.4 Å². The van der Waals surface area contributed by atoms with Gasteiger partial charge in [0, 0.05) is 0 Å². The zero-order chi connectivity index (χ0) is 9.97. The first kappa shape index (κ1) is 8.10. The first-order chi connectivity index (χ1) is 6.74. The average molecular weight is 194 g/mol. The molecule has 0 spiro atoms. The van der Waals surface area contributed by atoms with Crippen LogP contribution in [0.3, 0.4) is 0 Å². The van der Waals surface area contributed by atoms with Gasteiger partial charge in [0.2, 0.25) is 11.9 Å². The zero-order valence-corrected chi connectivity index (χ0v) is 6.84. The van der Waals surface area contributed by atoms with Crippen molar-refractivity contribution in [3.8, 4) is 0 Å². The number of anilines is 2. The molecular weight excluding hydrogens is 188 g/mol. The second-order valence-corrected chi connectivity index (χ2v) is 2.24. The van der Waals surface area contributed by atoms with Crippen LogP contribution in [-0.2, 0) is 0 Å². The summed E-state index contributed by atoms with van der Waals surface area (Å²) in [6, 6.07) is 0. The van der Waals surface area contributed by atoms with Crippen molar-refractivity contribution in [3.05, 3.63) is 0 Å². The lowest BCUT2D eigenvalue weighted by Crippen LogP contribution is -1.84. The molecule has 0 aliphatic carbocycles. The summed E-state index contributed by atoms with van der Waals surface area (Å²) in [5.74, 6) is 0.527. The standard InChI is InChI=1S/C4H6N10/c5-1-7-3(11-9-1)13-14-4-8-2(6)10-12-4/h(H3,5,7,9,11)(H3,6,8,10,12)/b14-13-. The SMILES string of the molecule is Nc1nc(/N=N\c2n[nH]c(N)n2)n[nH]1. The number of hydrogen-bond acceptors (Lipinski definition) is 8. The number of nitrogens with two attached hydrogens (primary N) is 2. The Morgan fingerprint density at radius 2 is 1.29 bits per heavy atom. The van der Waals surface area contributed by atoms with Gasteiger partial charge in [0.05, 0.1) is 0 Å². The molecule has 0 amide bonds. The Hall–Kier alpha value is -2.52. The lowest BCUT2D eigenvalue weighted by Gasteiger charge is -1.77. The maximum Gasteiger partial charge on any atom is 0.289 e. The number of aromatic nitrogens is 6. The molecule has 72 valence electrons. The van der Waals surface area contributed by atoms with Gasteiger partial charge in [0.15, 0.2) is 0 Å². The van der Waals surface area contributed by atoms with E-state index in [2.05, 4.69) is 40.6 Å². The molecule has 0 aromatic carbocycles. The summed E-state index contributed by atoms with van der Waals surface area (Å²) in [5.41, 5.74) is 10.5. The van der Waals surface area contributed by atoms with Gasteiger partial charge < -0.3 is 11.5 Å². The summed E-state index contributed by atoms with van der Waals surface area (Å²) in [7, 11) is 0. The van der Waals surface area contributed by atoms with Crippen molar-refractivity contribution in [2.45, 2.75) is 0 Å². The highest BCUT2D eigenvalue weighted by molar-refractivity contribution is 5.26. The molecule has 0 unspecified atom stereocenters. The van der Waals surface area contributed by atoms with Crippen LogP contribution in [0.2, 0.25) is 0 Å². The monoisotopic (exact) mass is 194 g/mol. The number of azo groups is 1. The van der Waals surface area contributed by atoms with E-state index in [4.69, 9.17) is 11.5 Å². The quantitative estimate of drug-likeness (QED) is 0.471. The topological polar surface area (TPSA) is 160 Å². The van der Waals surface area contributed by atoms with Gasteiger partial charge in [0.1, 0.15) is 0 Å². The number of nitrogens with zero attached hydrogens (tertiary/aromatic N) is 6. The highest BCUT2D eigenvalue weighted by Gasteiger charge is 1.99. The van der Waals surface area contributed by atoms with Gasteiger partial charge in [0.25, 0.3) is 11.9 Å². The van der Waals surface area contributed by atoms with Crippen LogP contribution >= 0.6 is 0 Å². The predicted octanol–water partition coefficient (Wildman–Crippen LogP) is -0.497. The fourth-order valence-electron chi connectivity index (χ4n) is 0.709. The lowest BCUT2D eigenvalue weighted by atomic mass is 11.0. The number of hydrogen-bond donors (Lipinski definition) is 4. The zero-order valence-electron chi connectivity index (χ0n) is 6.84. The molecule has 6 N–H and O–H groups in total. The van der Waals surface area contributed by atoms with Crippen molar-refractivity contribution in [2.75, 3.05) is 11.5 Å². The maximum atomic E-state index is 5.26. The van der Waals surface area contributed by atoms with Crippen molar-refractivity contribution >= 4 is 23.8 Å². The van der Waals surface area contributed by atoms with Gasteiger partial charge >= 0.3 is 0 Å². The summed E-state index contributed by atoms with van der Waals surface area (Å²) in [4.78, 5) is 7.37. The van der Waals surface area contributed by atoms with Gasteiger partial charge in [-0.1, -0.05) is 0 Å². The largest absolute Gasteiger partial charge is 0.368 e. The molecule has 10 heteroatoms. The van der Waals surface area contributed by atoms with Crippen LogP contribution in [-0.4, -0.2) is 30.4 Å². The Labute approximate surface area is 76.8 Å². The molecule has 14 heavy (non-hydrogen) atoms. The normalized spacial score (nSPS) is 11.1. The van der Waals surface area contributed by atoms with Crippen molar-refractivity contribution in [3.63, 3.8) is 0 Å². The van der Waals surface area contributed by atoms with E-state index in [9.17, 15) is 0 Å². The van der Waals surface area contributed by atoms with Crippen LogP contribution in [0.1, 0.15) is 0 Å². The van der Waals surface area contributed by atoms with Gasteiger partial charge in [-0.15, -0.1) is 20.4 Å². The molecule has 2 rings (SSSR count). The molecule has 2 aromatic heterocycles. The lowest BCUT2D eigenvalue weighted by molar-refractivity contribution is 1.01. The smallest absolute Gasteiger partial charge is 0.289 e. The summed E-state index contributed by atoms with van der Waals surface area (Å²) in [6.07, 6.45) is 0. The molecule has 0 fully saturated rings. The van der Waals surface area contributed by atoms with E-state index in [1.165, 1.54) is 0 Å². The molecule has 0 saturated heterocycles. The third-order valence-corrected chi connectivity index (χ3v) is 1.21. The van der Waals surface area contributed by atoms with Crippen molar-refractivity contribution < 1.29 is 0 Å². The Bertz CT molecular complexity index is 408.